The van der Waals surface area contributed by atoms with E-state index >= 15 is 0 Å². The highest BCUT2D eigenvalue weighted by atomic mass is 32.1. The highest BCUT2D eigenvalue weighted by Gasteiger charge is 2.19. The zero-order valence-corrected chi connectivity index (χ0v) is 17.5. The second-order valence-electron chi connectivity index (χ2n) is 7.39. The third-order valence-corrected chi connectivity index (χ3v) is 6.10. The van der Waals surface area contributed by atoms with Crippen LogP contribution in [0.2, 0.25) is 0 Å². The van der Waals surface area contributed by atoms with Gasteiger partial charge in [-0.05, 0) is 40.8 Å². The number of carbonyl (C=O) groups excluding carboxylic acids is 1. The number of thiophene rings is 1. The molecule has 29 heavy (non-hydrogen) atoms. The Morgan fingerprint density at radius 1 is 1.07 bits per heavy atom. The molecule has 0 saturated carbocycles. The number of nitrogens with zero attached hydrogens (tertiary/aromatic N) is 1. The Labute approximate surface area is 175 Å². The van der Waals surface area contributed by atoms with Gasteiger partial charge in [0.05, 0.1) is 6.42 Å². The highest BCUT2D eigenvalue weighted by molar-refractivity contribution is 7.10. The quantitative estimate of drug-likeness (QED) is 0.466. The maximum atomic E-state index is 12.5. The molecule has 0 bridgehead atoms. The number of amides is 1. The number of nitrogens with one attached hydrogen (secondary N) is 2. The number of aromatic amines is 1. The van der Waals surface area contributed by atoms with E-state index in [1.807, 2.05) is 37.7 Å². The number of benzene rings is 2. The first kappa shape index (κ1) is 19.3. The van der Waals surface area contributed by atoms with Crippen LogP contribution >= 0.6 is 11.3 Å². The molecule has 4 nitrogen and oxygen atoms in total. The minimum Gasteiger partial charge on any atom is -0.378 e. The number of rotatable bonds is 7. The molecule has 4 rings (SSSR count). The fourth-order valence-electron chi connectivity index (χ4n) is 3.64. The number of aromatic nitrogens is 1. The summed E-state index contributed by atoms with van der Waals surface area (Å²) in [4.78, 5) is 19.1. The van der Waals surface area contributed by atoms with E-state index in [1.54, 1.807) is 11.3 Å². The summed E-state index contributed by atoms with van der Waals surface area (Å²) in [6, 6.07) is 20.9. The fourth-order valence-corrected chi connectivity index (χ4v) is 4.35. The van der Waals surface area contributed by atoms with Crippen LogP contribution in [0.1, 0.15) is 21.9 Å². The van der Waals surface area contributed by atoms with Crippen molar-refractivity contribution in [2.75, 3.05) is 25.5 Å². The summed E-state index contributed by atoms with van der Waals surface area (Å²) >= 11 is 1.62. The lowest BCUT2D eigenvalue weighted by Gasteiger charge is -2.20. The van der Waals surface area contributed by atoms with E-state index in [-0.39, 0.29) is 11.8 Å². The van der Waals surface area contributed by atoms with Gasteiger partial charge in [0.1, 0.15) is 0 Å². The van der Waals surface area contributed by atoms with Crippen LogP contribution in [0.15, 0.2) is 72.2 Å². The minimum atomic E-state index is 0.0576. The summed E-state index contributed by atoms with van der Waals surface area (Å²) in [5, 5.41) is 6.35. The predicted molar refractivity (Wildman–Crippen MR) is 122 cm³/mol. The van der Waals surface area contributed by atoms with Gasteiger partial charge in [-0.2, -0.15) is 0 Å². The maximum absolute atomic E-state index is 12.5. The van der Waals surface area contributed by atoms with E-state index in [9.17, 15) is 4.79 Å². The summed E-state index contributed by atoms with van der Waals surface area (Å²) in [6.45, 7) is 0.563. The number of carbonyl (C=O) groups is 1. The number of anilines is 1. The van der Waals surface area contributed by atoms with Crippen molar-refractivity contribution in [1.29, 1.82) is 0 Å². The zero-order valence-electron chi connectivity index (χ0n) is 16.7. The molecule has 0 radical (unpaired) electrons. The maximum Gasteiger partial charge on any atom is 0.225 e. The van der Waals surface area contributed by atoms with Gasteiger partial charge in [-0.3, -0.25) is 4.79 Å². The summed E-state index contributed by atoms with van der Waals surface area (Å²) in [5.41, 5.74) is 4.67. The topological polar surface area (TPSA) is 48.1 Å². The molecular formula is C24H25N3OS. The SMILES string of the molecule is CN(C)c1ccc(C(CNC(=O)Cc2cccs2)c2c[nH]c3ccccc23)cc1. The molecule has 0 aliphatic carbocycles. The lowest BCUT2D eigenvalue weighted by Crippen LogP contribution is -2.30. The first-order valence-electron chi connectivity index (χ1n) is 9.74. The Kier molecular flexibility index (Phi) is 5.67. The predicted octanol–water partition coefficient (Wildman–Crippen LogP) is 4.79. The standard InChI is InChI=1S/C24H25N3OS/c1-27(2)18-11-9-17(10-12-18)21(15-26-24(28)14-19-6-5-13-29-19)22-16-25-23-8-4-3-7-20(22)23/h3-13,16,21,25H,14-15H2,1-2H3,(H,26,28). The molecule has 1 unspecified atom stereocenters. The molecule has 1 atom stereocenters. The van der Waals surface area contributed by atoms with Gasteiger partial charge < -0.3 is 15.2 Å². The average Bonchev–Trinajstić information content (AvgIpc) is 3.39. The highest BCUT2D eigenvalue weighted by Crippen LogP contribution is 2.31. The second kappa shape index (κ2) is 8.53. The average molecular weight is 404 g/mol. The molecule has 0 saturated heterocycles. The normalized spacial score (nSPS) is 12.1. The van der Waals surface area contributed by atoms with Crippen molar-refractivity contribution in [3.8, 4) is 0 Å². The lowest BCUT2D eigenvalue weighted by atomic mass is 9.90. The molecule has 2 heterocycles. The Morgan fingerprint density at radius 2 is 1.86 bits per heavy atom. The Hall–Kier alpha value is -3.05. The van der Waals surface area contributed by atoms with Crippen molar-refractivity contribution in [2.24, 2.45) is 0 Å². The molecule has 0 aliphatic heterocycles. The largest absolute Gasteiger partial charge is 0.378 e. The van der Waals surface area contributed by atoms with Gasteiger partial charge >= 0.3 is 0 Å². The summed E-state index contributed by atoms with van der Waals surface area (Å²) < 4.78 is 0. The molecule has 0 spiro atoms. The van der Waals surface area contributed by atoms with Crippen LogP contribution in [0.4, 0.5) is 5.69 Å². The van der Waals surface area contributed by atoms with Crippen molar-refractivity contribution in [2.45, 2.75) is 12.3 Å². The van der Waals surface area contributed by atoms with Crippen molar-refractivity contribution in [3.63, 3.8) is 0 Å². The Balaban J connectivity index is 1.61. The van der Waals surface area contributed by atoms with Crippen LogP contribution in [0.3, 0.4) is 0 Å². The van der Waals surface area contributed by atoms with Crippen molar-refractivity contribution in [1.82, 2.24) is 10.3 Å². The second-order valence-corrected chi connectivity index (χ2v) is 8.42. The van der Waals surface area contributed by atoms with E-state index in [0.717, 1.165) is 16.1 Å². The Bertz CT molecular complexity index is 1080. The smallest absolute Gasteiger partial charge is 0.225 e. The Morgan fingerprint density at radius 3 is 2.59 bits per heavy atom. The molecule has 2 aromatic carbocycles. The molecule has 0 fully saturated rings. The van der Waals surface area contributed by atoms with E-state index in [4.69, 9.17) is 0 Å². The van der Waals surface area contributed by atoms with E-state index in [0.29, 0.717) is 13.0 Å². The van der Waals surface area contributed by atoms with Crippen molar-refractivity contribution < 1.29 is 4.79 Å². The molecule has 5 heteroatoms. The molecule has 2 N–H and O–H groups in total. The number of para-hydroxylation sites is 1. The van der Waals surface area contributed by atoms with Gasteiger partial charge in [0.2, 0.25) is 5.91 Å². The summed E-state index contributed by atoms with van der Waals surface area (Å²) in [5.74, 6) is 0.136. The third-order valence-electron chi connectivity index (χ3n) is 5.23. The molecule has 0 aliphatic rings. The molecule has 2 aromatic heterocycles. The third kappa shape index (κ3) is 4.35. The van der Waals surface area contributed by atoms with Crippen molar-refractivity contribution >= 4 is 33.8 Å². The lowest BCUT2D eigenvalue weighted by molar-refractivity contribution is -0.120. The number of H-pyrrole nitrogens is 1. The van der Waals surface area contributed by atoms with E-state index in [1.165, 1.54) is 16.5 Å². The summed E-state index contributed by atoms with van der Waals surface area (Å²) in [7, 11) is 4.08. The van der Waals surface area contributed by atoms with Gasteiger partial charge in [0.25, 0.3) is 0 Å². The van der Waals surface area contributed by atoms with Crippen molar-refractivity contribution in [3.05, 3.63) is 88.2 Å². The van der Waals surface area contributed by atoms with Crippen LogP contribution in [-0.4, -0.2) is 31.5 Å². The molecule has 148 valence electrons. The van der Waals surface area contributed by atoms with E-state index in [2.05, 4.69) is 63.9 Å². The first-order valence-corrected chi connectivity index (χ1v) is 10.6. The number of hydrogen-bond acceptors (Lipinski definition) is 3. The van der Waals surface area contributed by atoms with Crippen LogP contribution in [0, 0.1) is 0 Å². The van der Waals surface area contributed by atoms with Gasteiger partial charge in [0.15, 0.2) is 0 Å². The minimum absolute atomic E-state index is 0.0576. The summed E-state index contributed by atoms with van der Waals surface area (Å²) in [6.07, 6.45) is 2.50. The first-order chi connectivity index (χ1) is 14.1. The number of fused-ring (bicyclic) bond motifs is 1. The van der Waals surface area contributed by atoms with Crippen LogP contribution < -0.4 is 10.2 Å². The molecular weight excluding hydrogens is 378 g/mol. The molecule has 1 amide bonds. The van der Waals surface area contributed by atoms with E-state index < -0.39 is 0 Å². The fraction of sp³-hybridized carbons (Fsp3) is 0.208. The molecule has 4 aromatic rings. The zero-order chi connectivity index (χ0) is 20.2. The van der Waals surface area contributed by atoms with Crippen LogP contribution in [0.25, 0.3) is 10.9 Å². The monoisotopic (exact) mass is 403 g/mol. The van der Waals surface area contributed by atoms with Crippen LogP contribution in [0.5, 0.6) is 0 Å². The van der Waals surface area contributed by atoms with Gasteiger partial charge in [-0.15, -0.1) is 11.3 Å². The van der Waals surface area contributed by atoms with Gasteiger partial charge in [0, 0.05) is 54.2 Å². The van der Waals surface area contributed by atoms with Crippen LogP contribution in [-0.2, 0) is 11.2 Å². The van der Waals surface area contributed by atoms with Gasteiger partial charge in [-0.25, -0.2) is 0 Å². The number of hydrogen-bond donors (Lipinski definition) is 2. The van der Waals surface area contributed by atoms with Gasteiger partial charge in [-0.1, -0.05) is 36.4 Å².